The summed E-state index contributed by atoms with van der Waals surface area (Å²) in [6.07, 6.45) is 2.39. The Bertz CT molecular complexity index is 366. The molecule has 20 heavy (non-hydrogen) atoms. The lowest BCUT2D eigenvalue weighted by molar-refractivity contribution is 0.304. The molecule has 0 aliphatic rings. The van der Waals surface area contributed by atoms with Crippen LogP contribution in [0, 0.1) is 11.8 Å². The van der Waals surface area contributed by atoms with E-state index in [0.29, 0.717) is 23.8 Å². The molecule has 0 aromatic heterocycles. The molecule has 1 aromatic rings. The van der Waals surface area contributed by atoms with Gasteiger partial charge in [-0.15, -0.1) is 0 Å². The monoisotopic (exact) mass is 275 g/mol. The fourth-order valence-electron chi connectivity index (χ4n) is 2.56. The van der Waals surface area contributed by atoms with Gasteiger partial charge in [-0.05, 0) is 48.3 Å². The summed E-state index contributed by atoms with van der Waals surface area (Å²) in [6.45, 7) is 14.9. The number of rotatable bonds is 8. The van der Waals surface area contributed by atoms with E-state index in [-0.39, 0.29) is 0 Å². The molecule has 0 radical (unpaired) electrons. The molecule has 3 unspecified atom stereocenters. The zero-order valence-corrected chi connectivity index (χ0v) is 14.2. The Hall–Kier alpha value is -0.820. The van der Waals surface area contributed by atoms with Gasteiger partial charge in [-0.25, -0.2) is 0 Å². The second-order valence-corrected chi connectivity index (χ2v) is 6.51. The van der Waals surface area contributed by atoms with Crippen LogP contribution in [0.15, 0.2) is 24.3 Å². The molecule has 1 N–H and O–H groups in total. The summed E-state index contributed by atoms with van der Waals surface area (Å²) in [6, 6.07) is 9.76. The molecule has 0 saturated heterocycles. The van der Waals surface area contributed by atoms with E-state index in [2.05, 4.69) is 71.1 Å². The molecule has 0 amide bonds. The first-order valence-electron chi connectivity index (χ1n) is 8.34. The number of benzene rings is 1. The van der Waals surface area contributed by atoms with Gasteiger partial charge in [0.2, 0.25) is 0 Å². The lowest BCUT2D eigenvalue weighted by Gasteiger charge is -2.29. The van der Waals surface area contributed by atoms with Crippen molar-refractivity contribution >= 4 is 0 Å². The molecule has 0 saturated carbocycles. The van der Waals surface area contributed by atoms with Gasteiger partial charge >= 0.3 is 0 Å². The van der Waals surface area contributed by atoms with Crippen LogP contribution in [0.3, 0.4) is 0 Å². The van der Waals surface area contributed by atoms with Crippen molar-refractivity contribution in [2.45, 2.75) is 66.3 Å². The third-order valence-corrected chi connectivity index (χ3v) is 4.67. The van der Waals surface area contributed by atoms with E-state index in [9.17, 15) is 0 Å². The van der Waals surface area contributed by atoms with Gasteiger partial charge in [0, 0.05) is 6.04 Å². The van der Waals surface area contributed by atoms with Crippen LogP contribution in [0.25, 0.3) is 0 Å². The Kier molecular flexibility index (Phi) is 7.29. The van der Waals surface area contributed by atoms with Crippen LogP contribution in [0.2, 0.25) is 0 Å². The summed E-state index contributed by atoms with van der Waals surface area (Å²) in [7, 11) is 0. The lowest BCUT2D eigenvalue weighted by atomic mass is 9.85. The van der Waals surface area contributed by atoms with Gasteiger partial charge in [0.05, 0.1) is 0 Å². The van der Waals surface area contributed by atoms with Crippen LogP contribution in [-0.4, -0.2) is 6.54 Å². The topological polar surface area (TPSA) is 12.0 Å². The van der Waals surface area contributed by atoms with Gasteiger partial charge in [-0.1, -0.05) is 65.8 Å². The first-order valence-corrected chi connectivity index (χ1v) is 8.34. The van der Waals surface area contributed by atoms with E-state index in [0.717, 1.165) is 6.54 Å². The third-order valence-electron chi connectivity index (χ3n) is 4.67. The van der Waals surface area contributed by atoms with Crippen molar-refractivity contribution in [1.82, 2.24) is 5.32 Å². The summed E-state index contributed by atoms with van der Waals surface area (Å²) in [4.78, 5) is 0. The molecule has 1 aromatic carbocycles. The standard InChI is InChI=1S/C19H33N/c1-7-13-20-19(16(6)14(3)4)18-11-9-17(10-12-18)15(5)8-2/h9-12,14-16,19-20H,7-8,13H2,1-6H3. The van der Waals surface area contributed by atoms with Gasteiger partial charge in [0.15, 0.2) is 0 Å². The first kappa shape index (κ1) is 17.2. The zero-order chi connectivity index (χ0) is 15.1. The minimum Gasteiger partial charge on any atom is -0.310 e. The first-order chi connectivity index (χ1) is 9.51. The molecule has 1 heteroatoms. The fraction of sp³-hybridized carbons (Fsp3) is 0.684. The maximum absolute atomic E-state index is 3.73. The molecular formula is C19H33N. The lowest BCUT2D eigenvalue weighted by Crippen LogP contribution is -2.30. The second kappa shape index (κ2) is 8.46. The van der Waals surface area contributed by atoms with Gasteiger partial charge in [0.1, 0.15) is 0 Å². The van der Waals surface area contributed by atoms with Crippen molar-refractivity contribution in [1.29, 1.82) is 0 Å². The van der Waals surface area contributed by atoms with Crippen LogP contribution in [0.5, 0.6) is 0 Å². The molecule has 0 bridgehead atoms. The predicted molar refractivity (Wildman–Crippen MR) is 90.2 cm³/mol. The van der Waals surface area contributed by atoms with Gasteiger partial charge in [0.25, 0.3) is 0 Å². The highest BCUT2D eigenvalue weighted by atomic mass is 14.9. The highest BCUT2D eigenvalue weighted by molar-refractivity contribution is 5.27. The van der Waals surface area contributed by atoms with Gasteiger partial charge < -0.3 is 5.32 Å². The summed E-state index contributed by atoms with van der Waals surface area (Å²) >= 11 is 0. The van der Waals surface area contributed by atoms with Gasteiger partial charge in [-0.3, -0.25) is 0 Å². The van der Waals surface area contributed by atoms with E-state index in [1.54, 1.807) is 0 Å². The minimum absolute atomic E-state index is 0.473. The Morgan fingerprint density at radius 3 is 1.90 bits per heavy atom. The fourth-order valence-corrected chi connectivity index (χ4v) is 2.56. The molecule has 0 heterocycles. The molecular weight excluding hydrogens is 242 g/mol. The largest absolute Gasteiger partial charge is 0.310 e. The van der Waals surface area contributed by atoms with Crippen LogP contribution >= 0.6 is 0 Å². The van der Waals surface area contributed by atoms with Gasteiger partial charge in [-0.2, -0.15) is 0 Å². The Labute approximate surface area is 126 Å². The molecule has 0 aliphatic heterocycles. The Morgan fingerprint density at radius 1 is 0.900 bits per heavy atom. The molecule has 114 valence electrons. The van der Waals surface area contributed by atoms with Crippen molar-refractivity contribution < 1.29 is 0 Å². The maximum Gasteiger partial charge on any atom is 0.0348 e. The molecule has 0 spiro atoms. The van der Waals surface area contributed by atoms with Crippen LogP contribution in [-0.2, 0) is 0 Å². The minimum atomic E-state index is 0.473. The zero-order valence-electron chi connectivity index (χ0n) is 14.2. The van der Waals surface area contributed by atoms with Crippen LogP contribution < -0.4 is 5.32 Å². The van der Waals surface area contributed by atoms with Crippen molar-refractivity contribution in [2.24, 2.45) is 11.8 Å². The quantitative estimate of drug-likeness (QED) is 0.657. The number of hydrogen-bond donors (Lipinski definition) is 1. The Morgan fingerprint density at radius 2 is 1.45 bits per heavy atom. The van der Waals surface area contributed by atoms with Crippen molar-refractivity contribution in [3.63, 3.8) is 0 Å². The van der Waals surface area contributed by atoms with E-state index >= 15 is 0 Å². The second-order valence-electron chi connectivity index (χ2n) is 6.51. The maximum atomic E-state index is 3.73. The summed E-state index contributed by atoms with van der Waals surface area (Å²) in [5.41, 5.74) is 2.90. The molecule has 1 rings (SSSR count). The number of hydrogen-bond acceptors (Lipinski definition) is 1. The average molecular weight is 275 g/mol. The third kappa shape index (κ3) is 4.63. The van der Waals surface area contributed by atoms with E-state index in [4.69, 9.17) is 0 Å². The summed E-state index contributed by atoms with van der Waals surface area (Å²) < 4.78 is 0. The molecule has 1 nitrogen and oxygen atoms in total. The highest BCUT2D eigenvalue weighted by Gasteiger charge is 2.21. The highest BCUT2D eigenvalue weighted by Crippen LogP contribution is 2.29. The summed E-state index contributed by atoms with van der Waals surface area (Å²) in [5.74, 6) is 2.00. The Balaban J connectivity index is 2.90. The van der Waals surface area contributed by atoms with Crippen LogP contribution in [0.4, 0.5) is 0 Å². The predicted octanol–water partition coefficient (Wildman–Crippen LogP) is 5.53. The number of nitrogens with one attached hydrogen (secondary N) is 1. The van der Waals surface area contributed by atoms with E-state index in [1.807, 2.05) is 0 Å². The molecule has 3 atom stereocenters. The van der Waals surface area contributed by atoms with E-state index in [1.165, 1.54) is 24.0 Å². The normalized spacial score (nSPS) is 16.1. The van der Waals surface area contributed by atoms with Crippen LogP contribution in [0.1, 0.15) is 77.5 Å². The van der Waals surface area contributed by atoms with Crippen molar-refractivity contribution in [3.05, 3.63) is 35.4 Å². The van der Waals surface area contributed by atoms with Crippen molar-refractivity contribution in [3.8, 4) is 0 Å². The SMILES string of the molecule is CCCNC(c1ccc(C(C)CC)cc1)C(C)C(C)C. The molecule has 0 aliphatic carbocycles. The van der Waals surface area contributed by atoms with E-state index < -0.39 is 0 Å². The van der Waals surface area contributed by atoms with Crippen molar-refractivity contribution in [2.75, 3.05) is 6.54 Å². The summed E-state index contributed by atoms with van der Waals surface area (Å²) in [5, 5.41) is 3.73. The molecule has 0 fully saturated rings. The average Bonchev–Trinajstić information content (AvgIpc) is 2.47. The smallest absolute Gasteiger partial charge is 0.0348 e.